The van der Waals surface area contributed by atoms with Crippen LogP contribution in [0.4, 0.5) is 0 Å². The second kappa shape index (κ2) is 42.7. The molecule has 0 N–H and O–H groups in total. The fraction of sp³-hybridized carbons (Fsp3) is 0.658. The van der Waals surface area contributed by atoms with E-state index >= 15 is 0 Å². The fourth-order valence-electron chi connectivity index (χ4n) is 12.2. The molecule has 0 atom stereocenters. The molecule has 0 aliphatic rings. The highest BCUT2D eigenvalue weighted by Gasteiger charge is 2.20. The molecule has 0 unspecified atom stereocenters. The van der Waals surface area contributed by atoms with Crippen molar-refractivity contribution in [3.63, 3.8) is 0 Å². The normalized spacial score (nSPS) is 11.9. The number of hydrogen-bond acceptors (Lipinski definition) is 6. The summed E-state index contributed by atoms with van der Waals surface area (Å²) in [5.74, 6) is 0. The monoisotopic (exact) mass is 1220 g/mol. The molecular weight excluding hydrogens is 1110 g/mol. The molecule has 0 aliphatic heterocycles. The molecule has 0 fully saturated rings. The molecule has 6 aromatic rings. The Bertz CT molecular complexity index is 2560. The molecule has 0 nitrogen and oxygen atoms in total. The highest BCUT2D eigenvalue weighted by Crippen LogP contribution is 2.48. The van der Waals surface area contributed by atoms with Gasteiger partial charge in [-0.2, -0.15) is 0 Å². The molecule has 82 heavy (non-hydrogen) atoms. The lowest BCUT2D eigenvalue weighted by Crippen LogP contribution is -1.88. The zero-order valence-electron chi connectivity index (χ0n) is 53.3. The van der Waals surface area contributed by atoms with Gasteiger partial charge in [0, 0.05) is 58.5 Å². The summed E-state index contributed by atoms with van der Waals surface area (Å²) in [6.07, 6.45) is 65.6. The highest BCUT2D eigenvalue weighted by molar-refractivity contribution is 7.30. The van der Waals surface area contributed by atoms with Gasteiger partial charge >= 0.3 is 0 Å². The van der Waals surface area contributed by atoms with Crippen molar-refractivity contribution in [3.05, 3.63) is 90.3 Å². The Morgan fingerprint density at radius 2 is 0.549 bits per heavy atom. The molecule has 0 bridgehead atoms. The van der Waals surface area contributed by atoms with Crippen molar-refractivity contribution in [2.75, 3.05) is 0 Å². The van der Waals surface area contributed by atoms with Gasteiger partial charge in [-0.05, 0) is 148 Å². The number of rotatable bonds is 50. The van der Waals surface area contributed by atoms with Crippen LogP contribution in [0.2, 0.25) is 0 Å². The summed E-state index contributed by atoms with van der Waals surface area (Å²) in [7, 11) is 0. The van der Waals surface area contributed by atoms with Gasteiger partial charge in [0.1, 0.15) is 0 Å². The van der Waals surface area contributed by atoms with Gasteiger partial charge in [0.2, 0.25) is 0 Å². The van der Waals surface area contributed by atoms with Crippen molar-refractivity contribution in [3.8, 4) is 39.0 Å². The third-order valence-electron chi connectivity index (χ3n) is 17.4. The van der Waals surface area contributed by atoms with Crippen LogP contribution in [0, 0.1) is 13.8 Å². The Balaban J connectivity index is 1.16. The van der Waals surface area contributed by atoms with Gasteiger partial charge in [-0.1, -0.05) is 259 Å². The molecule has 0 saturated heterocycles. The van der Waals surface area contributed by atoms with Gasteiger partial charge in [-0.15, -0.1) is 68.0 Å². The van der Waals surface area contributed by atoms with Crippen LogP contribution in [0.5, 0.6) is 0 Å². The van der Waals surface area contributed by atoms with E-state index in [-0.39, 0.29) is 0 Å². The zero-order chi connectivity index (χ0) is 57.7. The Kier molecular flexibility index (Phi) is 36.0. The average Bonchev–Trinajstić information content (AvgIpc) is 4.50. The van der Waals surface area contributed by atoms with Crippen LogP contribution in [0.1, 0.15) is 326 Å². The Labute approximate surface area is 529 Å². The second-order valence-corrected chi connectivity index (χ2v) is 31.6. The van der Waals surface area contributed by atoms with Crippen molar-refractivity contribution in [1.29, 1.82) is 0 Å². The first-order valence-electron chi connectivity index (χ1n) is 34.7. The van der Waals surface area contributed by atoms with Crippen molar-refractivity contribution < 1.29 is 0 Å². The largest absolute Gasteiger partial charge is 0.141 e. The number of unbranched alkanes of at least 4 members (excludes halogenated alkanes) is 36. The summed E-state index contributed by atoms with van der Waals surface area (Å²) >= 11 is 12.2. The number of thiophene rings is 6. The lowest BCUT2D eigenvalue weighted by molar-refractivity contribution is 0.556. The molecule has 6 heteroatoms. The van der Waals surface area contributed by atoms with E-state index in [9.17, 15) is 0 Å². The summed E-state index contributed by atoms with van der Waals surface area (Å²) in [4.78, 5) is 17.6. The molecule has 6 rings (SSSR count). The zero-order valence-corrected chi connectivity index (χ0v) is 58.2. The molecule has 6 aromatic heterocycles. The van der Waals surface area contributed by atoms with Crippen LogP contribution in [-0.4, -0.2) is 0 Å². The van der Waals surface area contributed by atoms with Crippen LogP contribution in [0.25, 0.3) is 51.2 Å². The summed E-state index contributed by atoms with van der Waals surface area (Å²) in [6.45, 7) is 14.0. The lowest BCUT2D eigenvalue weighted by atomic mass is 10.0. The van der Waals surface area contributed by atoms with E-state index in [0.717, 1.165) is 0 Å². The molecule has 0 aliphatic carbocycles. The minimum absolute atomic E-state index is 1.18. The van der Waals surface area contributed by atoms with E-state index in [1.165, 1.54) is 336 Å². The maximum Gasteiger partial charge on any atom is 0.0481 e. The van der Waals surface area contributed by atoms with Gasteiger partial charge in [-0.25, -0.2) is 0 Å². The minimum atomic E-state index is 1.18. The van der Waals surface area contributed by atoms with Gasteiger partial charge in [0.05, 0.1) is 0 Å². The minimum Gasteiger partial charge on any atom is -0.141 e. The lowest BCUT2D eigenvalue weighted by Gasteiger charge is -2.04. The first-order chi connectivity index (χ1) is 40.4. The molecule has 0 spiro atoms. The van der Waals surface area contributed by atoms with E-state index in [1.807, 2.05) is 45.3 Å². The Morgan fingerprint density at radius 1 is 0.256 bits per heavy atom. The van der Waals surface area contributed by atoms with Crippen LogP contribution in [-0.2, 0) is 25.7 Å². The van der Waals surface area contributed by atoms with E-state index in [2.05, 4.69) is 125 Å². The van der Waals surface area contributed by atoms with E-state index < -0.39 is 0 Å². The third-order valence-corrected chi connectivity index (χ3v) is 24.8. The molecule has 0 amide bonds. The second-order valence-electron chi connectivity index (χ2n) is 24.8. The third kappa shape index (κ3) is 26.1. The fourth-order valence-corrected chi connectivity index (χ4v) is 19.0. The molecule has 0 radical (unpaired) electrons. The van der Waals surface area contributed by atoms with E-state index in [0.29, 0.717) is 0 Å². The Morgan fingerprint density at radius 3 is 0.951 bits per heavy atom. The molecule has 0 saturated carbocycles. The summed E-state index contributed by atoms with van der Waals surface area (Å²) in [5.41, 5.74) is 6.33. The summed E-state index contributed by atoms with van der Waals surface area (Å²) < 4.78 is 0. The SMILES string of the molecule is CCCCCCCCCCCCc1cc(-c2ccc(-c3ccc(-c4cc(CCCCCCCCCCCC)c(-c5cc(CCCCCCCCCCCC)c(/C=C/c6sc(C)cc6CCCCCCCCCCCC)s5)s4)s3)s2)sc1C. The topological polar surface area (TPSA) is 0 Å². The molecule has 0 aromatic carbocycles. The highest BCUT2D eigenvalue weighted by atomic mass is 32.1. The Hall–Kier alpha value is -2.06. The summed E-state index contributed by atoms with van der Waals surface area (Å²) in [5, 5.41) is 0. The van der Waals surface area contributed by atoms with Crippen LogP contribution in [0.15, 0.2) is 48.5 Å². The average molecular weight is 1220 g/mol. The van der Waals surface area contributed by atoms with Crippen molar-refractivity contribution >= 4 is 80.2 Å². The first kappa shape index (κ1) is 69.0. The van der Waals surface area contributed by atoms with Gasteiger partial charge in [-0.3, -0.25) is 0 Å². The molecule has 456 valence electrons. The number of hydrogen-bond donors (Lipinski definition) is 0. The van der Waals surface area contributed by atoms with Crippen LogP contribution in [0.3, 0.4) is 0 Å². The maximum absolute atomic E-state index is 2.65. The maximum atomic E-state index is 2.65. The van der Waals surface area contributed by atoms with E-state index in [1.54, 1.807) is 27.1 Å². The standard InChI is InChI=1S/C76H116S6/c1-7-11-15-19-23-27-31-35-39-43-47-63-58-73(78-62(63)6)71-55-53-69(80-71)70-54-56-72(81-70)74-60-66(50-46-42-38-34-30-26-22-18-14-10-4)76(82-74)75-59-65(49-45-41-37-33-29-25-21-17-13-9-3)68(79-75)52-51-67-64(57-61(5)77-67)48-44-40-36-32-28-24-20-16-12-8-2/h51-60H,7-50H2,1-6H3/b52-51+. The predicted octanol–water partition coefficient (Wildman–Crippen LogP) is 29.4. The van der Waals surface area contributed by atoms with Crippen molar-refractivity contribution in [2.24, 2.45) is 0 Å². The smallest absolute Gasteiger partial charge is 0.0481 e. The molecular formula is C76H116S6. The van der Waals surface area contributed by atoms with E-state index in [4.69, 9.17) is 0 Å². The predicted molar refractivity (Wildman–Crippen MR) is 382 cm³/mol. The first-order valence-corrected chi connectivity index (χ1v) is 39.6. The quantitative estimate of drug-likeness (QED) is 0.0334. The van der Waals surface area contributed by atoms with Crippen LogP contribution >= 0.6 is 68.0 Å². The van der Waals surface area contributed by atoms with Crippen molar-refractivity contribution in [1.82, 2.24) is 0 Å². The number of aryl methyl sites for hydroxylation is 6. The van der Waals surface area contributed by atoms with Gasteiger partial charge < -0.3 is 0 Å². The summed E-state index contributed by atoms with van der Waals surface area (Å²) in [6, 6.07) is 20.0. The van der Waals surface area contributed by atoms with Gasteiger partial charge in [0.25, 0.3) is 0 Å². The van der Waals surface area contributed by atoms with Crippen molar-refractivity contribution in [2.45, 2.75) is 324 Å². The van der Waals surface area contributed by atoms with Crippen LogP contribution < -0.4 is 0 Å². The van der Waals surface area contributed by atoms with Gasteiger partial charge in [0.15, 0.2) is 0 Å². The molecule has 6 heterocycles.